The van der Waals surface area contributed by atoms with Gasteiger partial charge >= 0.3 is 8.72 Å². The van der Waals surface area contributed by atoms with Gasteiger partial charge in [-0.15, -0.1) is 0 Å². The number of anilines is 8. The first-order valence-electron chi connectivity index (χ1n) is 32.1. The number of nitrogens with zero attached hydrogens (tertiary/aromatic N) is 4. The first kappa shape index (κ1) is 54.0. The van der Waals surface area contributed by atoms with Crippen LogP contribution in [0, 0.1) is 0 Å². The molecule has 4 nitrogen and oxygen atoms in total. The van der Waals surface area contributed by atoms with Crippen LogP contribution in [0.15, 0.2) is 364 Å². The van der Waals surface area contributed by atoms with Gasteiger partial charge in [0.1, 0.15) is 0 Å². The molecule has 2 heterocycles. The van der Waals surface area contributed by atoms with E-state index in [-0.39, 0.29) is 0 Å². The minimum Gasteiger partial charge on any atom is -0.315 e. The van der Waals surface area contributed by atoms with Crippen LogP contribution in [0.1, 0.15) is 0 Å². The summed E-state index contributed by atoms with van der Waals surface area (Å²) in [5.74, 6) is 0. The Balaban J connectivity index is 1.15. The summed E-state index contributed by atoms with van der Waals surface area (Å²) < 4.78 is 11.5. The van der Waals surface area contributed by atoms with Crippen LogP contribution in [0.25, 0.3) is 110 Å². The van der Waals surface area contributed by atoms with Crippen molar-refractivity contribution >= 4 is 97.3 Å². The number of fused-ring (bicyclic) bond motifs is 14. The van der Waals surface area contributed by atoms with Crippen molar-refractivity contribution in [2.45, 2.75) is 0 Å². The lowest BCUT2D eigenvalue weighted by Gasteiger charge is -2.58. The molecule has 0 atom stereocenters. The molecular formula is C88H60N4Si. The van der Waals surface area contributed by atoms with Crippen molar-refractivity contribution in [1.82, 2.24) is 0 Å². The number of hydrogen-bond acceptors (Lipinski definition) is 4. The molecule has 1 spiro atoms. The number of hydrogen-bond donors (Lipinski definition) is 0. The Morgan fingerprint density at radius 1 is 0.161 bits per heavy atom. The van der Waals surface area contributed by atoms with Gasteiger partial charge in [-0.1, -0.05) is 291 Å². The second-order valence-electron chi connectivity index (χ2n) is 24.3. The van der Waals surface area contributed by atoms with Gasteiger partial charge < -0.3 is 18.3 Å². The molecule has 2 aliphatic rings. The fourth-order valence-electron chi connectivity index (χ4n) is 15.2. The highest BCUT2D eigenvalue weighted by molar-refractivity contribution is 6.97. The zero-order valence-electron chi connectivity index (χ0n) is 50.9. The maximum absolute atomic E-state index is 4.67. The molecule has 0 aromatic heterocycles. The van der Waals surface area contributed by atoms with Crippen LogP contribution in [0.4, 0.5) is 45.5 Å². The summed E-state index contributed by atoms with van der Waals surface area (Å²) in [6, 6.07) is 137. The van der Waals surface area contributed by atoms with Crippen molar-refractivity contribution in [2.24, 2.45) is 0 Å². The van der Waals surface area contributed by atoms with Crippen LogP contribution in [0.5, 0.6) is 0 Å². The average Bonchev–Trinajstić information content (AvgIpc) is 1.55. The van der Waals surface area contributed by atoms with Crippen LogP contribution in [0.2, 0.25) is 0 Å². The predicted molar refractivity (Wildman–Crippen MR) is 396 cm³/mol. The number of rotatable bonds is 8. The Morgan fingerprint density at radius 3 is 0.602 bits per heavy atom. The van der Waals surface area contributed by atoms with Gasteiger partial charge in [-0.2, -0.15) is 0 Å². The molecule has 0 bridgehead atoms. The molecule has 18 rings (SSSR count). The van der Waals surface area contributed by atoms with Crippen LogP contribution in [-0.2, 0) is 0 Å². The largest absolute Gasteiger partial charge is 0.521 e. The van der Waals surface area contributed by atoms with Gasteiger partial charge in [0.05, 0.1) is 0 Å². The van der Waals surface area contributed by atoms with Gasteiger partial charge in [0.2, 0.25) is 0 Å². The molecule has 2 aliphatic heterocycles. The fourth-order valence-corrected chi connectivity index (χ4v) is 20.3. The quantitative estimate of drug-likeness (QED) is 0.141. The topological polar surface area (TPSA) is 13.0 Å². The number of benzene rings is 16. The molecule has 0 fully saturated rings. The van der Waals surface area contributed by atoms with Crippen LogP contribution >= 0.6 is 0 Å². The Hall–Kier alpha value is -12.0. The molecule has 436 valence electrons. The van der Waals surface area contributed by atoms with Gasteiger partial charge in [0.15, 0.2) is 0 Å². The average molecular weight is 1200 g/mol. The van der Waals surface area contributed by atoms with Crippen molar-refractivity contribution in [2.75, 3.05) is 18.3 Å². The highest BCUT2D eigenvalue weighted by Gasteiger charge is 2.66. The maximum atomic E-state index is 2.87. The summed E-state index contributed by atoms with van der Waals surface area (Å²) in [5.41, 5.74) is 22.2. The van der Waals surface area contributed by atoms with Gasteiger partial charge in [-0.05, 0) is 160 Å². The lowest BCUT2D eigenvalue weighted by atomic mass is 9.90. The Kier molecular flexibility index (Phi) is 12.9. The fraction of sp³-hybridized carbons (Fsp3) is 0. The van der Waals surface area contributed by atoms with E-state index in [4.69, 9.17) is 0 Å². The monoisotopic (exact) mass is 1200 g/mol. The molecule has 0 unspecified atom stereocenters. The normalized spacial score (nSPS) is 13.2. The van der Waals surface area contributed by atoms with E-state index < -0.39 is 8.72 Å². The molecule has 93 heavy (non-hydrogen) atoms. The van der Waals surface area contributed by atoms with Gasteiger partial charge in [-0.25, -0.2) is 0 Å². The zero-order chi connectivity index (χ0) is 61.4. The molecule has 0 radical (unpaired) electrons. The third kappa shape index (κ3) is 8.73. The Morgan fingerprint density at radius 2 is 0.366 bits per heavy atom. The van der Waals surface area contributed by atoms with E-state index in [1.807, 2.05) is 0 Å². The van der Waals surface area contributed by atoms with Crippen LogP contribution < -0.4 is 18.3 Å². The van der Waals surface area contributed by atoms with E-state index >= 15 is 0 Å². The third-order valence-corrected chi connectivity index (χ3v) is 23.5. The minimum absolute atomic E-state index is 1.04. The van der Waals surface area contributed by atoms with Crippen molar-refractivity contribution in [3.63, 3.8) is 0 Å². The van der Waals surface area contributed by atoms with E-state index in [9.17, 15) is 0 Å². The summed E-state index contributed by atoms with van der Waals surface area (Å²) in [6.07, 6.45) is 0. The van der Waals surface area contributed by atoms with Gasteiger partial charge in [-0.3, -0.25) is 0 Å². The lowest BCUT2D eigenvalue weighted by Crippen LogP contribution is -2.81. The van der Waals surface area contributed by atoms with Crippen molar-refractivity contribution < 1.29 is 0 Å². The smallest absolute Gasteiger partial charge is 0.315 e. The molecule has 0 saturated heterocycles. The SMILES string of the molecule is c1ccc(-c2cccc(N3c4ccc5ccccc5c4-c4c(ccc5ccccc45)N(c4cccc(-c5ccccc5)c4)[Si]34N(c3cccc(-c5ccccc5)c3)c3ccc5ccccc5c3-c3c(ccc5ccccc35)N4c3cccc(-c4ccccc4)c3)c2)cc1. The highest BCUT2D eigenvalue weighted by Crippen LogP contribution is 2.63. The second-order valence-corrected chi connectivity index (χ2v) is 27.3. The standard InChI is InChI=1S/C88H60N4Si/c1-5-25-61(26-6-1)69-37-21-41-73(57-69)89-81-53-49-65-33-13-17-45-77(65)85(81)86-78-46-18-14-34-66(78)50-54-82(86)90(74-42-22-38-70(58-74)62-27-7-2-8-28-62)93(89)91(75-43-23-39-71(59-75)63-29-9-3-10-30-63)83-55-51-67-35-15-19-47-79(67)87(83)88-80-48-20-16-36-68(80)52-56-84(88)92(93)76-44-24-40-72(60-76)64-31-11-4-12-32-64/h1-60H. The maximum Gasteiger partial charge on any atom is 0.521 e. The summed E-state index contributed by atoms with van der Waals surface area (Å²) in [4.78, 5) is 0. The van der Waals surface area contributed by atoms with E-state index in [0.29, 0.717) is 0 Å². The molecule has 5 heteroatoms. The van der Waals surface area contributed by atoms with Crippen LogP contribution in [0.3, 0.4) is 0 Å². The molecule has 16 aromatic rings. The molecule has 0 saturated carbocycles. The second kappa shape index (κ2) is 22.2. The zero-order valence-corrected chi connectivity index (χ0v) is 51.9. The molecular weight excluding hydrogens is 1140 g/mol. The highest BCUT2D eigenvalue weighted by atomic mass is 28.4. The first-order chi connectivity index (χ1) is 46.2. The Bertz CT molecular complexity index is 4860. The first-order valence-corrected chi connectivity index (χ1v) is 33.9. The van der Waals surface area contributed by atoms with Gasteiger partial charge in [0.25, 0.3) is 0 Å². The Labute approximate surface area is 543 Å². The van der Waals surface area contributed by atoms with E-state index in [1.54, 1.807) is 0 Å². The van der Waals surface area contributed by atoms with Crippen molar-refractivity contribution in [3.05, 3.63) is 364 Å². The summed E-state index contributed by atoms with van der Waals surface area (Å²) in [6.45, 7) is 0. The minimum atomic E-state index is -4.67. The lowest BCUT2D eigenvalue weighted by molar-refractivity contribution is 1.10. The predicted octanol–water partition coefficient (Wildman–Crippen LogP) is 24.0. The molecule has 0 amide bonds. The van der Waals surface area contributed by atoms with Crippen molar-refractivity contribution in [3.8, 4) is 66.8 Å². The molecule has 16 aromatic carbocycles. The van der Waals surface area contributed by atoms with Gasteiger partial charge in [0, 0.05) is 67.8 Å². The van der Waals surface area contributed by atoms with Crippen LogP contribution in [-0.4, -0.2) is 8.72 Å². The summed E-state index contributed by atoms with van der Waals surface area (Å²) in [7, 11) is -4.67. The van der Waals surface area contributed by atoms with E-state index in [2.05, 4.69) is 382 Å². The summed E-state index contributed by atoms with van der Waals surface area (Å²) in [5, 5.41) is 9.33. The third-order valence-electron chi connectivity index (χ3n) is 19.1. The van der Waals surface area contributed by atoms with E-state index in [1.165, 1.54) is 21.5 Å². The van der Waals surface area contributed by atoms with Crippen molar-refractivity contribution in [1.29, 1.82) is 0 Å². The molecule has 0 N–H and O–H groups in total. The molecule has 0 aliphatic carbocycles. The summed E-state index contributed by atoms with van der Waals surface area (Å²) >= 11 is 0. The van der Waals surface area contributed by atoms with E-state index in [0.717, 1.165) is 134 Å².